The van der Waals surface area contributed by atoms with Crippen molar-refractivity contribution in [3.8, 4) is 33.9 Å². The van der Waals surface area contributed by atoms with Gasteiger partial charge in [0.2, 0.25) is 5.95 Å². The van der Waals surface area contributed by atoms with Crippen LogP contribution in [0, 0.1) is 41.5 Å². The number of aryl methyl sites for hydroxylation is 6. The molecule has 4 nitrogen and oxygen atoms in total. The third-order valence-electron chi connectivity index (χ3n) is 12.6. The minimum Gasteiger partial charge on any atom is -0.278 e. The molecule has 1 aromatic heterocycles. The van der Waals surface area contributed by atoms with Crippen LogP contribution in [0.25, 0.3) is 55.4 Å². The van der Waals surface area contributed by atoms with Crippen LogP contribution >= 0.6 is 0 Å². The zero-order valence-corrected chi connectivity index (χ0v) is 37.3. The Bertz CT molecular complexity index is 3240. The monoisotopic (exact) mass is 826 g/mol. The highest BCUT2D eigenvalue weighted by Gasteiger charge is 2.29. The van der Waals surface area contributed by atoms with E-state index in [4.69, 9.17) is 15.0 Å². The van der Waals surface area contributed by atoms with Crippen LogP contribution in [0.1, 0.15) is 56.0 Å². The van der Waals surface area contributed by atoms with E-state index >= 15 is 0 Å². The SMILES string of the molecule is Cc1cc(C)c(C(c2c(C)cc(C)cc2C)c2ccc(N(c3cccc(-c4ccccc4)c3)c3nc(-c4ccccc4)nc(-c4cccc5ccccc45)n3)c3ccccc23)c(C)c1. The van der Waals surface area contributed by atoms with Gasteiger partial charge in [0.1, 0.15) is 0 Å². The quantitative estimate of drug-likeness (QED) is 0.136. The minimum atomic E-state index is -0.00479. The maximum absolute atomic E-state index is 5.46. The van der Waals surface area contributed by atoms with Crippen molar-refractivity contribution in [3.05, 3.63) is 238 Å². The fourth-order valence-corrected chi connectivity index (χ4v) is 10.0. The van der Waals surface area contributed by atoms with Crippen LogP contribution in [-0.4, -0.2) is 15.0 Å². The molecule has 64 heavy (non-hydrogen) atoms. The van der Waals surface area contributed by atoms with E-state index in [2.05, 4.69) is 216 Å². The Morgan fingerprint density at radius 1 is 0.391 bits per heavy atom. The average Bonchev–Trinajstić information content (AvgIpc) is 3.31. The van der Waals surface area contributed by atoms with E-state index < -0.39 is 0 Å². The highest BCUT2D eigenvalue weighted by molar-refractivity contribution is 6.01. The van der Waals surface area contributed by atoms with Crippen LogP contribution in [-0.2, 0) is 0 Å². The van der Waals surface area contributed by atoms with Crippen LogP contribution in [0.15, 0.2) is 188 Å². The number of rotatable bonds is 9. The number of nitrogens with zero attached hydrogens (tertiary/aromatic N) is 4. The molecule has 0 spiro atoms. The molecule has 0 aliphatic heterocycles. The molecular weight excluding hydrogens is 777 g/mol. The first-order valence-electron chi connectivity index (χ1n) is 22.1. The normalized spacial score (nSPS) is 11.4. The van der Waals surface area contributed by atoms with E-state index in [9.17, 15) is 0 Å². The predicted molar refractivity (Wildman–Crippen MR) is 268 cm³/mol. The molecule has 0 fully saturated rings. The molecule has 0 bridgehead atoms. The van der Waals surface area contributed by atoms with Crippen molar-refractivity contribution in [3.63, 3.8) is 0 Å². The molecule has 0 N–H and O–H groups in total. The van der Waals surface area contributed by atoms with Crippen molar-refractivity contribution in [2.75, 3.05) is 4.90 Å². The van der Waals surface area contributed by atoms with E-state index in [1.807, 2.05) is 18.2 Å². The summed E-state index contributed by atoms with van der Waals surface area (Å²) >= 11 is 0. The lowest BCUT2D eigenvalue weighted by Gasteiger charge is -2.30. The van der Waals surface area contributed by atoms with Gasteiger partial charge in [0.05, 0.1) is 5.69 Å². The molecule has 10 rings (SSSR count). The van der Waals surface area contributed by atoms with Gasteiger partial charge in [-0.1, -0.05) is 181 Å². The predicted octanol–water partition coefficient (Wildman–Crippen LogP) is 15.7. The Morgan fingerprint density at radius 3 is 1.56 bits per heavy atom. The summed E-state index contributed by atoms with van der Waals surface area (Å²) in [5.41, 5.74) is 17.8. The number of aromatic nitrogens is 3. The fraction of sp³-hybridized carbons (Fsp3) is 0.117. The third kappa shape index (κ3) is 7.52. The largest absolute Gasteiger partial charge is 0.278 e. The number of benzene rings is 9. The van der Waals surface area contributed by atoms with Gasteiger partial charge in [-0.3, -0.25) is 4.90 Å². The van der Waals surface area contributed by atoms with E-state index in [0.29, 0.717) is 17.6 Å². The third-order valence-corrected chi connectivity index (χ3v) is 12.6. The molecule has 0 radical (unpaired) electrons. The summed E-state index contributed by atoms with van der Waals surface area (Å²) in [6.45, 7) is 13.5. The summed E-state index contributed by atoms with van der Waals surface area (Å²) in [6.07, 6.45) is 0. The number of anilines is 3. The second-order valence-corrected chi connectivity index (χ2v) is 17.2. The Morgan fingerprint density at radius 2 is 0.906 bits per heavy atom. The molecule has 0 unspecified atom stereocenters. The van der Waals surface area contributed by atoms with Gasteiger partial charge in [-0.15, -0.1) is 0 Å². The summed E-state index contributed by atoms with van der Waals surface area (Å²) in [5.74, 6) is 1.75. The van der Waals surface area contributed by atoms with E-state index in [1.165, 1.54) is 55.5 Å². The molecule has 0 atom stereocenters. The first-order valence-corrected chi connectivity index (χ1v) is 22.1. The Labute approximate surface area is 376 Å². The van der Waals surface area contributed by atoms with Gasteiger partial charge >= 0.3 is 0 Å². The first kappa shape index (κ1) is 40.4. The van der Waals surface area contributed by atoms with Gasteiger partial charge in [0.25, 0.3) is 0 Å². The van der Waals surface area contributed by atoms with Crippen LogP contribution < -0.4 is 4.90 Å². The van der Waals surface area contributed by atoms with Crippen LogP contribution in [0.2, 0.25) is 0 Å². The lowest BCUT2D eigenvalue weighted by atomic mass is 9.75. The molecule has 10 aromatic rings. The van der Waals surface area contributed by atoms with Crippen molar-refractivity contribution >= 4 is 38.9 Å². The van der Waals surface area contributed by atoms with Gasteiger partial charge in [-0.2, -0.15) is 9.97 Å². The summed E-state index contributed by atoms with van der Waals surface area (Å²) < 4.78 is 0. The van der Waals surface area contributed by atoms with Gasteiger partial charge in [0, 0.05) is 28.1 Å². The molecule has 1 heterocycles. The summed E-state index contributed by atoms with van der Waals surface area (Å²) in [7, 11) is 0. The van der Waals surface area contributed by atoms with Crippen molar-refractivity contribution in [1.82, 2.24) is 15.0 Å². The molecular formula is C60H50N4. The lowest BCUT2D eigenvalue weighted by molar-refractivity contribution is 0.927. The van der Waals surface area contributed by atoms with Crippen molar-refractivity contribution in [2.24, 2.45) is 0 Å². The average molecular weight is 827 g/mol. The standard InChI is InChI=1S/C60H50N4/c1-38-33-40(3)55(41(4)34-38)57(56-42(5)35-39(2)36-43(56)6)52-31-32-54(51-29-16-15-28-50(51)52)64(48-26-17-25-47(37-48)44-19-9-7-10-20-44)60-62-58(46-22-11-8-12-23-46)61-59(63-60)53-30-18-24-45-21-13-14-27-49(45)53/h7-37,57H,1-6H3. The summed E-state index contributed by atoms with van der Waals surface area (Å²) in [5, 5.41) is 4.50. The van der Waals surface area contributed by atoms with E-state index in [-0.39, 0.29) is 5.92 Å². The molecule has 0 amide bonds. The highest BCUT2D eigenvalue weighted by Crippen LogP contribution is 2.46. The fourth-order valence-electron chi connectivity index (χ4n) is 10.0. The van der Waals surface area contributed by atoms with E-state index in [1.54, 1.807) is 0 Å². The lowest BCUT2D eigenvalue weighted by Crippen LogP contribution is -2.17. The molecule has 9 aromatic carbocycles. The Balaban J connectivity index is 1.27. The van der Waals surface area contributed by atoms with Crippen molar-refractivity contribution < 1.29 is 0 Å². The van der Waals surface area contributed by atoms with Gasteiger partial charge in [0.15, 0.2) is 11.6 Å². The van der Waals surface area contributed by atoms with Gasteiger partial charge in [-0.25, -0.2) is 4.98 Å². The maximum atomic E-state index is 5.46. The Kier molecular flexibility index (Phi) is 10.7. The number of fused-ring (bicyclic) bond motifs is 2. The molecule has 0 aliphatic rings. The van der Waals surface area contributed by atoms with Crippen molar-refractivity contribution in [1.29, 1.82) is 0 Å². The topological polar surface area (TPSA) is 41.9 Å². The second kappa shape index (κ2) is 16.9. The maximum Gasteiger partial charge on any atom is 0.238 e. The molecule has 0 saturated heterocycles. The number of hydrogen-bond acceptors (Lipinski definition) is 4. The zero-order chi connectivity index (χ0) is 43.9. The zero-order valence-electron chi connectivity index (χ0n) is 37.3. The minimum absolute atomic E-state index is 0.00479. The highest BCUT2D eigenvalue weighted by atomic mass is 15.3. The van der Waals surface area contributed by atoms with Gasteiger partial charge in [-0.05, 0) is 126 Å². The smallest absolute Gasteiger partial charge is 0.238 e. The van der Waals surface area contributed by atoms with Crippen LogP contribution in [0.4, 0.5) is 17.3 Å². The second-order valence-electron chi connectivity index (χ2n) is 17.2. The molecule has 0 aliphatic carbocycles. The van der Waals surface area contributed by atoms with Crippen LogP contribution in [0.5, 0.6) is 0 Å². The summed E-state index contributed by atoms with van der Waals surface area (Å²) in [4.78, 5) is 18.3. The van der Waals surface area contributed by atoms with E-state index in [0.717, 1.165) is 49.8 Å². The molecule has 4 heteroatoms. The first-order chi connectivity index (χ1) is 31.2. The Hall–Kier alpha value is -7.69. The molecule has 0 saturated carbocycles. The van der Waals surface area contributed by atoms with Crippen LogP contribution in [0.3, 0.4) is 0 Å². The van der Waals surface area contributed by atoms with Gasteiger partial charge < -0.3 is 0 Å². The summed E-state index contributed by atoms with van der Waals surface area (Å²) in [6, 6.07) is 67.2. The van der Waals surface area contributed by atoms with Crippen molar-refractivity contribution in [2.45, 2.75) is 47.5 Å². The number of hydrogen-bond donors (Lipinski definition) is 0. The molecule has 310 valence electrons.